The molecule has 0 aliphatic carbocycles. The molecule has 1 aliphatic heterocycles. The van der Waals surface area contributed by atoms with Crippen LogP contribution in [0.3, 0.4) is 0 Å². The smallest absolute Gasteiger partial charge is 0.409 e. The standard InChI is InChI=1S/C9H17NO3/c1-9(2,7-11)6-10-4-3-5-13-8(10)12/h11H,3-7H2,1-2H3. The van der Waals surface area contributed by atoms with Crippen molar-refractivity contribution in [2.45, 2.75) is 20.3 Å². The first-order valence-corrected chi connectivity index (χ1v) is 4.58. The Morgan fingerprint density at radius 2 is 2.31 bits per heavy atom. The molecule has 1 rings (SSSR count). The van der Waals surface area contributed by atoms with Gasteiger partial charge in [0.05, 0.1) is 6.61 Å². The third-order valence-corrected chi connectivity index (χ3v) is 2.10. The number of ether oxygens (including phenoxy) is 1. The van der Waals surface area contributed by atoms with Gasteiger partial charge in [0.15, 0.2) is 0 Å². The molecule has 0 unspecified atom stereocenters. The van der Waals surface area contributed by atoms with Gasteiger partial charge in [-0.05, 0) is 6.42 Å². The fourth-order valence-corrected chi connectivity index (χ4v) is 1.31. The molecular formula is C9H17NO3. The molecule has 0 bridgehead atoms. The largest absolute Gasteiger partial charge is 0.449 e. The zero-order valence-corrected chi connectivity index (χ0v) is 8.25. The maximum atomic E-state index is 11.2. The summed E-state index contributed by atoms with van der Waals surface area (Å²) in [5, 5.41) is 9.03. The second-order valence-corrected chi connectivity index (χ2v) is 4.21. The molecule has 0 aromatic carbocycles. The van der Waals surface area contributed by atoms with Crippen molar-refractivity contribution in [3.8, 4) is 0 Å². The summed E-state index contributed by atoms with van der Waals surface area (Å²) >= 11 is 0. The summed E-state index contributed by atoms with van der Waals surface area (Å²) in [5.41, 5.74) is -0.240. The maximum Gasteiger partial charge on any atom is 0.409 e. The highest BCUT2D eigenvalue weighted by molar-refractivity contribution is 5.68. The van der Waals surface area contributed by atoms with Crippen LogP contribution in [0.2, 0.25) is 0 Å². The Hall–Kier alpha value is -0.770. The third kappa shape index (κ3) is 2.88. The lowest BCUT2D eigenvalue weighted by atomic mass is 9.94. The van der Waals surface area contributed by atoms with E-state index in [4.69, 9.17) is 9.84 Å². The summed E-state index contributed by atoms with van der Waals surface area (Å²) in [5.74, 6) is 0. The second-order valence-electron chi connectivity index (χ2n) is 4.21. The molecule has 1 aliphatic rings. The van der Waals surface area contributed by atoms with Crippen LogP contribution in [0.1, 0.15) is 20.3 Å². The number of carbonyl (C=O) groups is 1. The van der Waals surface area contributed by atoms with Gasteiger partial charge < -0.3 is 14.7 Å². The Balaban J connectivity index is 2.47. The predicted molar refractivity (Wildman–Crippen MR) is 48.4 cm³/mol. The minimum atomic E-state index is -0.257. The van der Waals surface area contributed by atoms with E-state index in [0.717, 1.165) is 13.0 Å². The minimum absolute atomic E-state index is 0.0801. The molecule has 0 aromatic rings. The normalized spacial score (nSPS) is 18.7. The molecule has 1 fully saturated rings. The van der Waals surface area contributed by atoms with Crippen LogP contribution in [0.4, 0.5) is 4.79 Å². The summed E-state index contributed by atoms with van der Waals surface area (Å²) in [6, 6.07) is 0. The maximum absolute atomic E-state index is 11.2. The topological polar surface area (TPSA) is 49.8 Å². The van der Waals surface area contributed by atoms with E-state index in [-0.39, 0.29) is 18.1 Å². The van der Waals surface area contributed by atoms with Gasteiger partial charge in [0.2, 0.25) is 0 Å². The molecule has 4 nitrogen and oxygen atoms in total. The molecule has 0 atom stereocenters. The number of cyclic esters (lactones) is 1. The molecule has 76 valence electrons. The Bertz CT molecular complexity index is 191. The SMILES string of the molecule is CC(C)(CO)CN1CCCOC1=O. The first-order chi connectivity index (χ1) is 6.05. The monoisotopic (exact) mass is 187 g/mol. The predicted octanol–water partition coefficient (Wildman–Crippen LogP) is 0.847. The van der Waals surface area contributed by atoms with Crippen molar-refractivity contribution in [1.82, 2.24) is 4.90 Å². The molecule has 4 heteroatoms. The van der Waals surface area contributed by atoms with E-state index in [9.17, 15) is 4.79 Å². The molecule has 1 amide bonds. The molecule has 0 saturated carbocycles. The van der Waals surface area contributed by atoms with E-state index in [1.807, 2.05) is 13.8 Å². The number of hydrogen-bond acceptors (Lipinski definition) is 3. The van der Waals surface area contributed by atoms with Crippen molar-refractivity contribution >= 4 is 6.09 Å². The van der Waals surface area contributed by atoms with Gasteiger partial charge in [0.1, 0.15) is 0 Å². The van der Waals surface area contributed by atoms with E-state index >= 15 is 0 Å². The van der Waals surface area contributed by atoms with Gasteiger partial charge in [-0.15, -0.1) is 0 Å². The van der Waals surface area contributed by atoms with Crippen molar-refractivity contribution in [2.24, 2.45) is 5.41 Å². The van der Waals surface area contributed by atoms with Crippen molar-refractivity contribution in [1.29, 1.82) is 0 Å². The van der Waals surface area contributed by atoms with E-state index in [2.05, 4.69) is 0 Å². The third-order valence-electron chi connectivity index (χ3n) is 2.10. The quantitative estimate of drug-likeness (QED) is 0.712. The average molecular weight is 187 g/mol. The van der Waals surface area contributed by atoms with Gasteiger partial charge in [-0.1, -0.05) is 13.8 Å². The lowest BCUT2D eigenvalue weighted by Crippen LogP contribution is -2.44. The van der Waals surface area contributed by atoms with E-state index < -0.39 is 0 Å². The Morgan fingerprint density at radius 1 is 1.62 bits per heavy atom. The summed E-state index contributed by atoms with van der Waals surface area (Å²) in [4.78, 5) is 12.9. The molecule has 1 N–H and O–H groups in total. The van der Waals surface area contributed by atoms with Crippen LogP contribution in [0.5, 0.6) is 0 Å². The van der Waals surface area contributed by atoms with Gasteiger partial charge in [-0.25, -0.2) is 4.79 Å². The zero-order valence-electron chi connectivity index (χ0n) is 8.25. The van der Waals surface area contributed by atoms with Crippen LogP contribution < -0.4 is 0 Å². The molecule has 1 saturated heterocycles. The van der Waals surface area contributed by atoms with Crippen molar-refractivity contribution in [2.75, 3.05) is 26.3 Å². The van der Waals surface area contributed by atoms with Crippen LogP contribution in [-0.2, 0) is 4.74 Å². The van der Waals surface area contributed by atoms with E-state index in [1.165, 1.54) is 0 Å². The van der Waals surface area contributed by atoms with Crippen molar-refractivity contribution in [3.05, 3.63) is 0 Å². The van der Waals surface area contributed by atoms with Crippen molar-refractivity contribution in [3.63, 3.8) is 0 Å². The van der Waals surface area contributed by atoms with Gasteiger partial charge in [0.25, 0.3) is 0 Å². The number of hydrogen-bond donors (Lipinski definition) is 1. The Kier molecular flexibility index (Phi) is 3.14. The lowest BCUT2D eigenvalue weighted by molar-refractivity contribution is 0.0443. The highest BCUT2D eigenvalue weighted by atomic mass is 16.6. The fraction of sp³-hybridized carbons (Fsp3) is 0.889. The minimum Gasteiger partial charge on any atom is -0.449 e. The summed E-state index contributed by atoms with van der Waals surface area (Å²) in [6.07, 6.45) is 0.626. The highest BCUT2D eigenvalue weighted by Crippen LogP contribution is 2.18. The van der Waals surface area contributed by atoms with Gasteiger partial charge in [0, 0.05) is 25.1 Å². The number of rotatable bonds is 3. The lowest BCUT2D eigenvalue weighted by Gasteiger charge is -2.33. The van der Waals surface area contributed by atoms with E-state index in [1.54, 1.807) is 4.90 Å². The van der Waals surface area contributed by atoms with Crippen molar-refractivity contribution < 1.29 is 14.6 Å². The summed E-state index contributed by atoms with van der Waals surface area (Å²) in [6.45, 7) is 5.75. The first kappa shape index (κ1) is 10.3. The molecule has 13 heavy (non-hydrogen) atoms. The Morgan fingerprint density at radius 3 is 2.85 bits per heavy atom. The second kappa shape index (κ2) is 3.96. The molecule has 0 aromatic heterocycles. The number of nitrogens with zero attached hydrogens (tertiary/aromatic N) is 1. The highest BCUT2D eigenvalue weighted by Gasteiger charge is 2.26. The summed E-state index contributed by atoms with van der Waals surface area (Å²) < 4.78 is 4.89. The van der Waals surface area contributed by atoms with Crippen LogP contribution in [0, 0.1) is 5.41 Å². The number of aliphatic hydroxyl groups is 1. The van der Waals surface area contributed by atoms with Gasteiger partial charge in [-0.3, -0.25) is 0 Å². The molecule has 1 heterocycles. The Labute approximate surface area is 78.5 Å². The fourth-order valence-electron chi connectivity index (χ4n) is 1.31. The van der Waals surface area contributed by atoms with Crippen LogP contribution in [0.15, 0.2) is 0 Å². The number of carbonyl (C=O) groups excluding carboxylic acids is 1. The van der Waals surface area contributed by atoms with Gasteiger partial charge >= 0.3 is 6.09 Å². The van der Waals surface area contributed by atoms with E-state index in [0.29, 0.717) is 13.2 Å². The van der Waals surface area contributed by atoms with Gasteiger partial charge in [-0.2, -0.15) is 0 Å². The average Bonchev–Trinajstić information content (AvgIpc) is 2.09. The van der Waals surface area contributed by atoms with Crippen LogP contribution >= 0.6 is 0 Å². The number of aliphatic hydroxyl groups excluding tert-OH is 1. The first-order valence-electron chi connectivity index (χ1n) is 4.58. The zero-order chi connectivity index (χ0) is 9.90. The molecule has 0 spiro atoms. The summed E-state index contributed by atoms with van der Waals surface area (Å²) in [7, 11) is 0. The molecular weight excluding hydrogens is 170 g/mol. The number of amides is 1. The molecule has 0 radical (unpaired) electrons. The van der Waals surface area contributed by atoms with Crippen LogP contribution in [-0.4, -0.2) is 42.4 Å². The van der Waals surface area contributed by atoms with Crippen LogP contribution in [0.25, 0.3) is 0 Å².